The summed E-state index contributed by atoms with van der Waals surface area (Å²) in [7, 11) is 0. The molecule has 2 aromatic carbocycles. The molecule has 13 heteroatoms. The second kappa shape index (κ2) is 13.7. The van der Waals surface area contributed by atoms with Crippen molar-refractivity contribution in [2.45, 2.75) is 77.2 Å². The molecule has 49 heavy (non-hydrogen) atoms. The Morgan fingerprint density at radius 1 is 0.959 bits per heavy atom. The van der Waals surface area contributed by atoms with Crippen LogP contribution < -0.4 is 10.6 Å². The Labute approximate surface area is 285 Å². The zero-order valence-electron chi connectivity index (χ0n) is 28.9. The van der Waals surface area contributed by atoms with Gasteiger partial charge in [-0.15, -0.1) is 0 Å². The summed E-state index contributed by atoms with van der Waals surface area (Å²) in [5, 5.41) is 16.7. The van der Waals surface area contributed by atoms with E-state index in [0.29, 0.717) is 11.6 Å². The van der Waals surface area contributed by atoms with E-state index in [1.54, 1.807) is 10.9 Å². The molecule has 2 aliphatic rings. The molecule has 0 bridgehead atoms. The predicted octanol–water partition coefficient (Wildman–Crippen LogP) is 5.34. The van der Waals surface area contributed by atoms with E-state index in [-0.39, 0.29) is 23.7 Å². The van der Waals surface area contributed by atoms with E-state index < -0.39 is 17.5 Å². The number of hydrogen-bond donors (Lipinski definition) is 3. The van der Waals surface area contributed by atoms with Crippen molar-refractivity contribution in [1.82, 2.24) is 45.4 Å². The van der Waals surface area contributed by atoms with E-state index in [1.807, 2.05) is 13.0 Å². The van der Waals surface area contributed by atoms with Crippen LogP contribution in [0, 0.1) is 6.92 Å². The molecule has 0 saturated carbocycles. The first-order chi connectivity index (χ1) is 23.2. The fraction of sp³-hybridized carbons (Fsp3) is 0.500. The van der Waals surface area contributed by atoms with Crippen LogP contribution in [0.15, 0.2) is 54.9 Å². The molecule has 4 heterocycles. The van der Waals surface area contributed by atoms with Crippen molar-refractivity contribution in [2.75, 3.05) is 39.3 Å². The van der Waals surface area contributed by atoms with Gasteiger partial charge in [0.15, 0.2) is 5.82 Å². The van der Waals surface area contributed by atoms with Crippen LogP contribution in [0.1, 0.15) is 73.7 Å². The maximum Gasteiger partial charge on any atom is 0.401 e. The van der Waals surface area contributed by atoms with E-state index in [2.05, 4.69) is 91.0 Å². The summed E-state index contributed by atoms with van der Waals surface area (Å²) in [6.07, 6.45) is 0.998. The third-order valence-corrected chi connectivity index (χ3v) is 10.4. The molecule has 4 aromatic rings. The van der Waals surface area contributed by atoms with Crippen LogP contribution >= 0.6 is 0 Å². The maximum atomic E-state index is 13.3. The lowest BCUT2D eigenvalue weighted by Gasteiger charge is -2.46. The molecule has 2 aromatic heterocycles. The van der Waals surface area contributed by atoms with Crippen LogP contribution in [0.4, 0.5) is 13.2 Å². The number of aromatic amines is 1. The summed E-state index contributed by atoms with van der Waals surface area (Å²) in [4.78, 5) is 22.0. The summed E-state index contributed by atoms with van der Waals surface area (Å²) in [5.74, 6) is -0.685. The minimum atomic E-state index is -4.51. The van der Waals surface area contributed by atoms with Crippen LogP contribution in [-0.4, -0.2) is 92.2 Å². The molecule has 10 nitrogen and oxygen atoms in total. The number of alkyl halides is 3. The van der Waals surface area contributed by atoms with Crippen LogP contribution in [0.3, 0.4) is 0 Å². The van der Waals surface area contributed by atoms with Gasteiger partial charge in [0, 0.05) is 57.0 Å². The minimum absolute atomic E-state index is 0.0569. The van der Waals surface area contributed by atoms with E-state index in [1.165, 1.54) is 24.6 Å². The van der Waals surface area contributed by atoms with E-state index in [4.69, 9.17) is 0 Å². The number of nitrogens with zero attached hydrogens (tertiary/aromatic N) is 6. The van der Waals surface area contributed by atoms with E-state index in [9.17, 15) is 18.0 Å². The van der Waals surface area contributed by atoms with Gasteiger partial charge in [-0.25, -0.2) is 9.67 Å². The van der Waals surface area contributed by atoms with Crippen molar-refractivity contribution in [3.63, 3.8) is 0 Å². The molecule has 0 spiro atoms. The van der Waals surface area contributed by atoms with E-state index >= 15 is 0 Å². The molecule has 3 N–H and O–H groups in total. The second-order valence-electron chi connectivity index (χ2n) is 14.2. The van der Waals surface area contributed by atoms with Crippen LogP contribution in [0.2, 0.25) is 0 Å². The Bertz CT molecular complexity index is 1750. The zero-order chi connectivity index (χ0) is 35.0. The lowest BCUT2D eigenvalue weighted by atomic mass is 9.88. The first-order valence-corrected chi connectivity index (χ1v) is 17.0. The number of likely N-dealkylation sites (tertiary alicyclic amines) is 1. The lowest BCUT2D eigenvalue weighted by Crippen LogP contribution is -2.54. The van der Waals surface area contributed by atoms with Gasteiger partial charge >= 0.3 is 6.18 Å². The van der Waals surface area contributed by atoms with Crippen molar-refractivity contribution in [3.8, 4) is 16.8 Å². The fourth-order valence-corrected chi connectivity index (χ4v) is 6.80. The molecule has 0 unspecified atom stereocenters. The summed E-state index contributed by atoms with van der Waals surface area (Å²) in [5.41, 5.74) is 3.38. The molecular formula is C36H46F3N9O. The molecule has 2 fully saturated rings. The number of amides is 1. The summed E-state index contributed by atoms with van der Waals surface area (Å²) in [6, 6.07) is 15.7. The Balaban J connectivity index is 1.06. The smallest absolute Gasteiger partial charge is 0.345 e. The topological polar surface area (TPSA) is 107 Å². The highest BCUT2D eigenvalue weighted by Gasteiger charge is 2.51. The van der Waals surface area contributed by atoms with Gasteiger partial charge in [0.25, 0.3) is 5.91 Å². The molecule has 2 saturated heterocycles. The number of H-pyrrole nitrogens is 1. The van der Waals surface area contributed by atoms with Gasteiger partial charge in [-0.3, -0.25) is 19.7 Å². The first-order valence-electron chi connectivity index (χ1n) is 17.0. The van der Waals surface area contributed by atoms with Crippen molar-refractivity contribution in [2.24, 2.45) is 0 Å². The van der Waals surface area contributed by atoms with Crippen molar-refractivity contribution < 1.29 is 18.0 Å². The normalized spacial score (nSPS) is 17.4. The Morgan fingerprint density at radius 2 is 1.63 bits per heavy atom. The molecule has 262 valence electrons. The largest absolute Gasteiger partial charge is 0.401 e. The number of carbonyl (C=O) groups excluding carboxylic acids is 1. The van der Waals surface area contributed by atoms with Gasteiger partial charge in [-0.2, -0.15) is 23.4 Å². The molecule has 1 amide bonds. The highest BCUT2D eigenvalue weighted by atomic mass is 19.4. The maximum absolute atomic E-state index is 13.3. The molecule has 0 radical (unpaired) electrons. The average molecular weight is 678 g/mol. The molecule has 6 rings (SSSR count). The van der Waals surface area contributed by atoms with Crippen LogP contribution in [-0.2, 0) is 17.5 Å². The Hall–Kier alpha value is -4.07. The Morgan fingerprint density at radius 3 is 2.29 bits per heavy atom. The van der Waals surface area contributed by atoms with Crippen LogP contribution in [0.25, 0.3) is 16.8 Å². The number of aromatic nitrogens is 5. The summed E-state index contributed by atoms with van der Waals surface area (Å²) < 4.78 is 41.6. The quantitative estimate of drug-likeness (QED) is 0.220. The summed E-state index contributed by atoms with van der Waals surface area (Å²) >= 11 is 0. The number of aryl methyl sites for hydroxylation is 1. The van der Waals surface area contributed by atoms with Gasteiger partial charge < -0.3 is 10.6 Å². The van der Waals surface area contributed by atoms with Gasteiger partial charge in [-0.05, 0) is 81.8 Å². The number of benzene rings is 2. The van der Waals surface area contributed by atoms with Gasteiger partial charge in [0.2, 0.25) is 0 Å². The summed E-state index contributed by atoms with van der Waals surface area (Å²) in [6.45, 7) is 15.3. The average Bonchev–Trinajstić information content (AvgIpc) is 3.78. The van der Waals surface area contributed by atoms with Crippen molar-refractivity contribution >= 4 is 5.91 Å². The monoisotopic (exact) mass is 677 g/mol. The Kier molecular flexibility index (Phi) is 9.71. The van der Waals surface area contributed by atoms with Crippen molar-refractivity contribution in [3.05, 3.63) is 83.2 Å². The third kappa shape index (κ3) is 7.29. The van der Waals surface area contributed by atoms with Crippen molar-refractivity contribution in [1.29, 1.82) is 0 Å². The third-order valence-electron chi connectivity index (χ3n) is 10.4. The van der Waals surface area contributed by atoms with Gasteiger partial charge in [0.1, 0.15) is 11.2 Å². The molecule has 0 atom stereocenters. The van der Waals surface area contributed by atoms with E-state index in [0.717, 1.165) is 75.5 Å². The van der Waals surface area contributed by atoms with Crippen LogP contribution in [0.5, 0.6) is 0 Å². The molecule has 2 aliphatic heterocycles. The standard InChI is InChI=1S/C36H46F3N9O/c1-24-20-26(25-6-9-28(10-7-25)35(4,5)47-16-12-29(13-17-47)46-18-14-40-15-19-46)8-11-30(24)48-23-27(21-42-48)32(49)41-22-31-43-33(45-44-31)34(2,3)36(37,38)39/h6-11,20-21,23,29,40H,12-19,22H2,1-5H3,(H,41,49)(H,43,44,45). The number of carbonyl (C=O) groups is 1. The van der Waals surface area contributed by atoms with Gasteiger partial charge in [0.05, 0.1) is 24.0 Å². The SMILES string of the molecule is Cc1cc(-c2ccc(C(C)(C)N3CCC(N4CCNCC4)CC3)cc2)ccc1-n1cc(C(=O)NCc2nc(C(C)(C)C(F)(F)F)n[nH]2)cn1. The number of halogens is 3. The molecule has 0 aliphatic carbocycles. The number of nitrogens with one attached hydrogen (secondary N) is 3. The first kappa shape index (κ1) is 34.8. The number of hydrogen-bond acceptors (Lipinski definition) is 7. The minimum Gasteiger partial charge on any atom is -0.345 e. The fourth-order valence-electron chi connectivity index (χ4n) is 6.80. The lowest BCUT2D eigenvalue weighted by molar-refractivity contribution is -0.182. The highest BCUT2D eigenvalue weighted by Crippen LogP contribution is 2.38. The number of piperidine rings is 1. The highest BCUT2D eigenvalue weighted by molar-refractivity contribution is 5.93. The number of piperazine rings is 1. The number of rotatable bonds is 9. The zero-order valence-corrected chi connectivity index (χ0v) is 28.9. The molecular weight excluding hydrogens is 631 g/mol. The predicted molar refractivity (Wildman–Crippen MR) is 182 cm³/mol. The second-order valence-corrected chi connectivity index (χ2v) is 14.2. The van der Waals surface area contributed by atoms with Gasteiger partial charge in [-0.1, -0.05) is 30.3 Å².